The van der Waals surface area contributed by atoms with Crippen LogP contribution in [0.5, 0.6) is 5.75 Å². The van der Waals surface area contributed by atoms with Crippen molar-refractivity contribution in [1.29, 1.82) is 0 Å². The SMILES string of the molecule is CCOC(=O)N1CCCN(/[N+]([O-])=N/Oc2ccc([N+](=O)[O-])cc2C)CC1. The Morgan fingerprint density at radius 2 is 2.04 bits per heavy atom. The van der Waals surface area contributed by atoms with Gasteiger partial charge in [0.15, 0.2) is 5.75 Å². The van der Waals surface area contributed by atoms with Gasteiger partial charge in [0.1, 0.15) is 0 Å². The van der Waals surface area contributed by atoms with E-state index in [1.54, 1.807) is 18.7 Å². The van der Waals surface area contributed by atoms with Crippen molar-refractivity contribution in [3.63, 3.8) is 0 Å². The van der Waals surface area contributed by atoms with Gasteiger partial charge in [0.05, 0.1) is 29.6 Å². The molecule has 0 saturated carbocycles. The van der Waals surface area contributed by atoms with Crippen molar-refractivity contribution < 1.29 is 24.3 Å². The molecular formula is C15H21N5O6. The number of rotatable bonds is 5. The van der Waals surface area contributed by atoms with Gasteiger partial charge in [-0.05, 0) is 26.3 Å². The molecule has 1 aromatic carbocycles. The van der Waals surface area contributed by atoms with Crippen LogP contribution in [-0.4, -0.2) is 58.7 Å². The van der Waals surface area contributed by atoms with Gasteiger partial charge < -0.3 is 19.7 Å². The first-order chi connectivity index (χ1) is 12.4. The second kappa shape index (κ2) is 8.83. The van der Waals surface area contributed by atoms with Crippen molar-refractivity contribution >= 4 is 11.8 Å². The van der Waals surface area contributed by atoms with Gasteiger partial charge in [-0.2, -0.15) is 0 Å². The Morgan fingerprint density at radius 3 is 2.69 bits per heavy atom. The van der Waals surface area contributed by atoms with E-state index < -0.39 is 11.0 Å². The van der Waals surface area contributed by atoms with Gasteiger partial charge in [0.25, 0.3) is 5.69 Å². The van der Waals surface area contributed by atoms with E-state index in [4.69, 9.17) is 9.57 Å². The van der Waals surface area contributed by atoms with Gasteiger partial charge in [-0.15, -0.1) is 5.01 Å². The van der Waals surface area contributed by atoms with Gasteiger partial charge in [-0.1, -0.05) is 0 Å². The summed E-state index contributed by atoms with van der Waals surface area (Å²) in [5, 5.41) is 27.7. The third-order valence-corrected chi connectivity index (χ3v) is 3.82. The number of hydrogen-bond acceptors (Lipinski definition) is 7. The fourth-order valence-electron chi connectivity index (χ4n) is 2.45. The second-order valence-corrected chi connectivity index (χ2v) is 5.63. The highest BCUT2D eigenvalue weighted by molar-refractivity contribution is 5.67. The Labute approximate surface area is 150 Å². The van der Waals surface area contributed by atoms with Gasteiger partial charge in [0.2, 0.25) is 5.28 Å². The second-order valence-electron chi connectivity index (χ2n) is 5.63. The summed E-state index contributed by atoms with van der Waals surface area (Å²) in [6, 6.07) is 4.00. The van der Waals surface area contributed by atoms with Crippen molar-refractivity contribution in [2.24, 2.45) is 5.28 Å². The lowest BCUT2D eigenvalue weighted by Gasteiger charge is -2.19. The van der Waals surface area contributed by atoms with Crippen LogP contribution in [0.1, 0.15) is 18.9 Å². The van der Waals surface area contributed by atoms with Crippen molar-refractivity contribution in [3.05, 3.63) is 39.1 Å². The molecule has 1 fully saturated rings. The molecule has 0 spiro atoms. The molecule has 11 heteroatoms. The largest absolute Gasteiger partial charge is 0.569 e. The predicted octanol–water partition coefficient (Wildman–Crippen LogP) is 2.24. The number of carbonyl (C=O) groups excluding carboxylic acids is 1. The van der Waals surface area contributed by atoms with Crippen molar-refractivity contribution in [1.82, 2.24) is 9.91 Å². The molecule has 1 aliphatic rings. The maximum atomic E-state index is 12.1. The smallest absolute Gasteiger partial charge is 0.409 e. The standard InChI is InChI=1S/C15H21N5O6/c1-3-25-15(21)17-7-4-8-18(10-9-17)20(24)16-26-14-6-5-13(19(22)23)11-12(14)2/h5-6,11H,3-4,7-10H2,1-2H3/b20-16-. The summed E-state index contributed by atoms with van der Waals surface area (Å²) in [7, 11) is 0. The lowest BCUT2D eigenvalue weighted by atomic mass is 10.2. The average Bonchev–Trinajstić information content (AvgIpc) is 2.86. The molecule has 142 valence electrons. The molecule has 11 nitrogen and oxygen atoms in total. The zero-order chi connectivity index (χ0) is 19.1. The molecule has 0 radical (unpaired) electrons. The molecule has 0 N–H and O–H groups in total. The molecule has 0 atom stereocenters. The molecule has 1 heterocycles. The van der Waals surface area contributed by atoms with E-state index in [2.05, 4.69) is 5.28 Å². The Bertz CT molecular complexity index is 695. The number of nitro groups is 1. The number of nitrogens with zero attached hydrogens (tertiary/aromatic N) is 5. The maximum Gasteiger partial charge on any atom is 0.409 e. The Balaban J connectivity index is 1.97. The Morgan fingerprint density at radius 1 is 1.27 bits per heavy atom. The van der Waals surface area contributed by atoms with Crippen LogP contribution >= 0.6 is 0 Å². The fraction of sp³-hybridized carbons (Fsp3) is 0.533. The topological polar surface area (TPSA) is 124 Å². The number of aryl methyl sites for hydroxylation is 1. The van der Waals surface area contributed by atoms with E-state index in [1.165, 1.54) is 23.2 Å². The van der Waals surface area contributed by atoms with Crippen LogP contribution in [0.3, 0.4) is 0 Å². The van der Waals surface area contributed by atoms with E-state index >= 15 is 0 Å². The zero-order valence-electron chi connectivity index (χ0n) is 14.7. The number of ether oxygens (including phenoxy) is 1. The van der Waals surface area contributed by atoms with Crippen LogP contribution in [0.25, 0.3) is 0 Å². The number of carbonyl (C=O) groups is 1. The molecule has 0 bridgehead atoms. The first-order valence-electron chi connectivity index (χ1n) is 8.19. The summed E-state index contributed by atoms with van der Waals surface area (Å²) < 4.78 is 4.96. The highest BCUT2D eigenvalue weighted by atomic mass is 16.7. The van der Waals surface area contributed by atoms with Crippen molar-refractivity contribution in [2.75, 3.05) is 32.8 Å². The van der Waals surface area contributed by atoms with Crippen LogP contribution in [0.4, 0.5) is 10.5 Å². The summed E-state index contributed by atoms with van der Waals surface area (Å²) in [5.74, 6) is 0.249. The minimum absolute atomic E-state index is 0.0691. The van der Waals surface area contributed by atoms with Crippen molar-refractivity contribution in [2.45, 2.75) is 20.3 Å². The van der Waals surface area contributed by atoms with Gasteiger partial charge in [0, 0.05) is 30.8 Å². The number of hydrazine groups is 1. The minimum atomic E-state index is -0.514. The van der Waals surface area contributed by atoms with E-state index in [1.807, 2.05) is 0 Å². The van der Waals surface area contributed by atoms with Crippen LogP contribution < -0.4 is 4.84 Å². The van der Waals surface area contributed by atoms with Gasteiger partial charge in [-0.3, -0.25) is 10.1 Å². The highest BCUT2D eigenvalue weighted by Crippen LogP contribution is 2.23. The van der Waals surface area contributed by atoms with E-state index in [-0.39, 0.29) is 18.0 Å². The van der Waals surface area contributed by atoms with Crippen LogP contribution in [0.2, 0.25) is 0 Å². The van der Waals surface area contributed by atoms with Crippen LogP contribution in [0, 0.1) is 22.2 Å². The molecule has 1 aromatic rings. The number of nitro benzene ring substituents is 1. The third-order valence-electron chi connectivity index (χ3n) is 3.82. The van der Waals surface area contributed by atoms with Crippen molar-refractivity contribution in [3.8, 4) is 5.75 Å². The summed E-state index contributed by atoms with van der Waals surface area (Å²) >= 11 is 0. The first-order valence-corrected chi connectivity index (χ1v) is 8.19. The first kappa shape index (κ1) is 19.2. The third kappa shape index (κ3) is 4.94. The number of benzene rings is 1. The normalized spacial score (nSPS) is 15.4. The summed E-state index contributed by atoms with van der Waals surface area (Å²) in [6.07, 6.45) is 0.186. The number of hydrogen-bond donors (Lipinski definition) is 0. The maximum absolute atomic E-state index is 12.1. The number of non-ortho nitro benzene ring substituents is 1. The lowest BCUT2D eigenvalue weighted by Crippen LogP contribution is -2.37. The molecule has 2 rings (SSSR count). The summed E-state index contributed by atoms with van der Waals surface area (Å²) in [6.45, 7) is 5.17. The predicted molar refractivity (Wildman–Crippen MR) is 89.3 cm³/mol. The Kier molecular flexibility index (Phi) is 6.53. The van der Waals surface area contributed by atoms with Gasteiger partial charge in [-0.25, -0.2) is 4.79 Å². The monoisotopic (exact) mass is 367 g/mol. The molecule has 1 amide bonds. The summed E-state index contributed by atoms with van der Waals surface area (Å²) in [4.78, 5) is 28.9. The Hall–Kier alpha value is -3.11. The molecule has 26 heavy (non-hydrogen) atoms. The molecule has 1 aliphatic heterocycles. The quantitative estimate of drug-likeness (QED) is 0.338. The van der Waals surface area contributed by atoms with Crippen LogP contribution in [-0.2, 0) is 4.74 Å². The van der Waals surface area contributed by atoms with Gasteiger partial charge >= 0.3 is 6.09 Å². The van der Waals surface area contributed by atoms with E-state index in [0.29, 0.717) is 43.2 Å². The van der Waals surface area contributed by atoms with Crippen LogP contribution in [0.15, 0.2) is 23.5 Å². The zero-order valence-corrected chi connectivity index (χ0v) is 14.7. The average molecular weight is 367 g/mol. The summed E-state index contributed by atoms with van der Waals surface area (Å²) in [5.41, 5.74) is 0.418. The van der Waals surface area contributed by atoms with E-state index in [0.717, 1.165) is 0 Å². The molecule has 0 unspecified atom stereocenters. The molecular weight excluding hydrogens is 346 g/mol. The molecule has 1 saturated heterocycles. The lowest BCUT2D eigenvalue weighted by molar-refractivity contribution is -0.706. The van der Waals surface area contributed by atoms with E-state index in [9.17, 15) is 20.1 Å². The molecule has 0 aromatic heterocycles. The molecule has 0 aliphatic carbocycles. The number of amides is 1. The fourth-order valence-corrected chi connectivity index (χ4v) is 2.45. The highest BCUT2D eigenvalue weighted by Gasteiger charge is 2.23. The minimum Gasteiger partial charge on any atom is -0.569 e.